The SMILES string of the molecule is COc1cc(NC(=O)C(CN)C(C)C)cc(OC)c1. The lowest BCUT2D eigenvalue weighted by molar-refractivity contribution is -0.120. The first kappa shape index (κ1) is 15.3. The number of nitrogens with two attached hydrogens (primary N) is 1. The van der Waals surface area contributed by atoms with Gasteiger partial charge in [0.2, 0.25) is 5.91 Å². The minimum Gasteiger partial charge on any atom is -0.497 e. The highest BCUT2D eigenvalue weighted by Gasteiger charge is 2.20. The highest BCUT2D eigenvalue weighted by Crippen LogP contribution is 2.26. The number of nitrogens with one attached hydrogen (secondary N) is 1. The van der Waals surface area contributed by atoms with Gasteiger partial charge in [-0.2, -0.15) is 0 Å². The molecule has 1 amide bonds. The Kier molecular flexibility index (Phi) is 5.63. The summed E-state index contributed by atoms with van der Waals surface area (Å²) in [5.41, 5.74) is 6.27. The molecule has 1 aromatic carbocycles. The van der Waals surface area contributed by atoms with Gasteiger partial charge < -0.3 is 20.5 Å². The molecule has 0 spiro atoms. The average Bonchev–Trinajstić information content (AvgIpc) is 2.38. The van der Waals surface area contributed by atoms with Gasteiger partial charge in [0.25, 0.3) is 0 Å². The summed E-state index contributed by atoms with van der Waals surface area (Å²) in [6, 6.07) is 5.24. The molecule has 1 unspecified atom stereocenters. The van der Waals surface area contributed by atoms with Crippen LogP contribution in [0.3, 0.4) is 0 Å². The Hall–Kier alpha value is -1.75. The molecule has 19 heavy (non-hydrogen) atoms. The largest absolute Gasteiger partial charge is 0.497 e. The summed E-state index contributed by atoms with van der Waals surface area (Å²) in [5.74, 6) is 1.15. The van der Waals surface area contributed by atoms with E-state index in [0.717, 1.165) is 0 Å². The molecule has 3 N–H and O–H groups in total. The highest BCUT2D eigenvalue weighted by molar-refractivity contribution is 5.93. The van der Waals surface area contributed by atoms with E-state index in [2.05, 4.69) is 5.32 Å². The smallest absolute Gasteiger partial charge is 0.229 e. The molecule has 5 heteroatoms. The van der Waals surface area contributed by atoms with Crippen LogP contribution in [0.2, 0.25) is 0 Å². The van der Waals surface area contributed by atoms with Crippen molar-refractivity contribution in [1.29, 1.82) is 0 Å². The number of hydrogen-bond acceptors (Lipinski definition) is 4. The third kappa shape index (κ3) is 4.13. The van der Waals surface area contributed by atoms with Gasteiger partial charge >= 0.3 is 0 Å². The summed E-state index contributed by atoms with van der Waals surface area (Å²) < 4.78 is 10.3. The van der Waals surface area contributed by atoms with Gasteiger partial charge in [0.15, 0.2) is 0 Å². The van der Waals surface area contributed by atoms with Crippen molar-refractivity contribution in [3.05, 3.63) is 18.2 Å². The molecule has 0 bridgehead atoms. The van der Waals surface area contributed by atoms with Crippen LogP contribution in [0.15, 0.2) is 18.2 Å². The van der Waals surface area contributed by atoms with Gasteiger partial charge in [0.1, 0.15) is 11.5 Å². The van der Waals surface area contributed by atoms with Crippen molar-refractivity contribution in [3.8, 4) is 11.5 Å². The Morgan fingerprint density at radius 1 is 1.21 bits per heavy atom. The van der Waals surface area contributed by atoms with E-state index in [4.69, 9.17) is 15.2 Å². The molecule has 1 rings (SSSR count). The van der Waals surface area contributed by atoms with Crippen LogP contribution in [0.5, 0.6) is 11.5 Å². The topological polar surface area (TPSA) is 73.6 Å². The molecular weight excluding hydrogens is 244 g/mol. The number of carbonyl (C=O) groups excluding carboxylic acids is 1. The molecule has 1 aromatic rings. The molecule has 0 fully saturated rings. The van der Waals surface area contributed by atoms with Crippen LogP contribution in [0.25, 0.3) is 0 Å². The third-order valence-corrected chi connectivity index (χ3v) is 3.01. The lowest BCUT2D eigenvalue weighted by Crippen LogP contribution is -2.33. The maximum Gasteiger partial charge on any atom is 0.229 e. The molecule has 1 atom stereocenters. The fourth-order valence-electron chi connectivity index (χ4n) is 1.80. The second-order valence-electron chi connectivity index (χ2n) is 4.68. The maximum atomic E-state index is 12.1. The van der Waals surface area contributed by atoms with Crippen molar-refractivity contribution in [3.63, 3.8) is 0 Å². The summed E-state index contributed by atoms with van der Waals surface area (Å²) in [6.07, 6.45) is 0. The zero-order chi connectivity index (χ0) is 14.4. The van der Waals surface area contributed by atoms with E-state index in [-0.39, 0.29) is 17.7 Å². The first-order valence-corrected chi connectivity index (χ1v) is 6.25. The van der Waals surface area contributed by atoms with E-state index in [9.17, 15) is 4.79 Å². The zero-order valence-corrected chi connectivity index (χ0v) is 11.9. The second kappa shape index (κ2) is 6.99. The van der Waals surface area contributed by atoms with Gasteiger partial charge in [-0.25, -0.2) is 0 Å². The van der Waals surface area contributed by atoms with Gasteiger partial charge in [0.05, 0.1) is 20.1 Å². The molecule has 0 saturated heterocycles. The molecule has 0 heterocycles. The first-order valence-electron chi connectivity index (χ1n) is 6.25. The predicted octanol–water partition coefficient (Wildman–Crippen LogP) is 1.87. The molecule has 0 aliphatic carbocycles. The quantitative estimate of drug-likeness (QED) is 0.824. The first-order chi connectivity index (χ1) is 9.01. The van der Waals surface area contributed by atoms with Crippen molar-refractivity contribution >= 4 is 11.6 Å². The molecule has 0 saturated carbocycles. The molecule has 0 aliphatic heterocycles. The van der Waals surface area contributed by atoms with Gasteiger partial charge in [-0.05, 0) is 5.92 Å². The second-order valence-corrected chi connectivity index (χ2v) is 4.68. The average molecular weight is 266 g/mol. The van der Waals surface area contributed by atoms with E-state index in [1.807, 2.05) is 13.8 Å². The standard InChI is InChI=1S/C14H22N2O3/c1-9(2)13(8-15)14(17)16-10-5-11(18-3)7-12(6-10)19-4/h5-7,9,13H,8,15H2,1-4H3,(H,16,17). The van der Waals surface area contributed by atoms with Gasteiger partial charge in [0, 0.05) is 30.4 Å². The Balaban J connectivity index is 2.89. The van der Waals surface area contributed by atoms with Gasteiger partial charge in [-0.15, -0.1) is 0 Å². The fourth-order valence-corrected chi connectivity index (χ4v) is 1.80. The monoisotopic (exact) mass is 266 g/mol. The normalized spacial score (nSPS) is 12.1. The number of ether oxygens (including phenoxy) is 2. The third-order valence-electron chi connectivity index (χ3n) is 3.01. The van der Waals surface area contributed by atoms with Crippen LogP contribution in [0.4, 0.5) is 5.69 Å². The van der Waals surface area contributed by atoms with Crippen LogP contribution >= 0.6 is 0 Å². The number of amides is 1. The fraction of sp³-hybridized carbons (Fsp3) is 0.500. The highest BCUT2D eigenvalue weighted by atomic mass is 16.5. The summed E-state index contributed by atoms with van der Waals surface area (Å²) in [4.78, 5) is 12.1. The molecular formula is C14H22N2O3. The number of benzene rings is 1. The Labute approximate surface area is 114 Å². The minimum absolute atomic E-state index is 0.0900. The maximum absolute atomic E-state index is 12.1. The van der Waals surface area contributed by atoms with Crippen molar-refractivity contribution in [2.75, 3.05) is 26.1 Å². The lowest BCUT2D eigenvalue weighted by Gasteiger charge is -2.18. The molecule has 0 radical (unpaired) electrons. The molecule has 5 nitrogen and oxygen atoms in total. The van der Waals surface area contributed by atoms with Gasteiger partial charge in [-0.1, -0.05) is 13.8 Å². The van der Waals surface area contributed by atoms with E-state index < -0.39 is 0 Å². The Bertz CT molecular complexity index is 410. The number of methoxy groups -OCH3 is 2. The van der Waals surface area contributed by atoms with Crippen molar-refractivity contribution in [2.45, 2.75) is 13.8 Å². The van der Waals surface area contributed by atoms with E-state index in [1.54, 1.807) is 32.4 Å². The van der Waals surface area contributed by atoms with Crippen LogP contribution < -0.4 is 20.5 Å². The summed E-state index contributed by atoms with van der Waals surface area (Å²) >= 11 is 0. The number of carbonyl (C=O) groups is 1. The summed E-state index contributed by atoms with van der Waals surface area (Å²) in [7, 11) is 3.13. The van der Waals surface area contributed by atoms with Crippen molar-refractivity contribution in [2.24, 2.45) is 17.6 Å². The number of rotatable bonds is 6. The molecule has 0 aromatic heterocycles. The number of anilines is 1. The van der Waals surface area contributed by atoms with Crippen LogP contribution in [-0.2, 0) is 4.79 Å². The molecule has 106 valence electrons. The zero-order valence-electron chi connectivity index (χ0n) is 11.9. The van der Waals surface area contributed by atoms with Crippen molar-refractivity contribution in [1.82, 2.24) is 0 Å². The van der Waals surface area contributed by atoms with Gasteiger partial charge in [-0.3, -0.25) is 4.79 Å². The summed E-state index contributed by atoms with van der Waals surface area (Å²) in [5, 5.41) is 2.84. The van der Waals surface area contributed by atoms with Crippen molar-refractivity contribution < 1.29 is 14.3 Å². The van der Waals surface area contributed by atoms with Crippen LogP contribution in [0.1, 0.15) is 13.8 Å². The van der Waals surface area contributed by atoms with E-state index in [1.165, 1.54) is 0 Å². The predicted molar refractivity (Wildman–Crippen MR) is 75.6 cm³/mol. The van der Waals surface area contributed by atoms with Crippen LogP contribution in [-0.4, -0.2) is 26.7 Å². The molecule has 0 aliphatic rings. The van der Waals surface area contributed by atoms with Crippen LogP contribution in [0, 0.1) is 11.8 Å². The minimum atomic E-state index is -0.211. The lowest BCUT2D eigenvalue weighted by atomic mass is 9.95. The van der Waals surface area contributed by atoms with E-state index >= 15 is 0 Å². The summed E-state index contributed by atoms with van der Waals surface area (Å²) in [6.45, 7) is 4.27. The van der Waals surface area contributed by atoms with E-state index in [0.29, 0.717) is 23.7 Å². The number of hydrogen-bond donors (Lipinski definition) is 2. The Morgan fingerprint density at radius 2 is 1.74 bits per heavy atom. The Morgan fingerprint density at radius 3 is 2.11 bits per heavy atom.